The Balaban J connectivity index is 4.05. The summed E-state index contributed by atoms with van der Waals surface area (Å²) < 4.78 is 12.1. The molecule has 0 amide bonds. The largest absolute Gasteiger partial charge is 0.212 e. The van der Waals surface area contributed by atoms with E-state index in [2.05, 4.69) is 13.8 Å². The Morgan fingerprint density at radius 1 is 1.20 bits per heavy atom. The summed E-state index contributed by atoms with van der Waals surface area (Å²) in [5.41, 5.74) is 1.21. The molecule has 0 aromatic carbocycles. The molecule has 0 aromatic heterocycles. The molecule has 10 heavy (non-hydrogen) atoms. The van der Waals surface area contributed by atoms with Crippen LogP contribution >= 0.6 is 0 Å². The molecule has 0 radical (unpaired) electrons. The van der Waals surface area contributed by atoms with Crippen molar-refractivity contribution in [3.8, 4) is 0 Å². The van der Waals surface area contributed by atoms with Gasteiger partial charge in [-0.1, -0.05) is 25.5 Å². The van der Waals surface area contributed by atoms with E-state index in [4.69, 9.17) is 0 Å². The first-order chi connectivity index (χ1) is 4.54. The average Bonchev–Trinajstić information content (AvgIpc) is 1.82. The Morgan fingerprint density at radius 3 is 2.00 bits per heavy atom. The van der Waals surface area contributed by atoms with Gasteiger partial charge in [0.2, 0.25) is 0 Å². The lowest BCUT2D eigenvalue weighted by Crippen LogP contribution is -1.86. The van der Waals surface area contributed by atoms with E-state index >= 15 is 0 Å². The van der Waals surface area contributed by atoms with Crippen LogP contribution < -0.4 is 0 Å². The van der Waals surface area contributed by atoms with Gasteiger partial charge >= 0.3 is 0 Å². The molecule has 0 rings (SSSR count). The summed E-state index contributed by atoms with van der Waals surface area (Å²) in [6.45, 7) is 7.63. The van der Waals surface area contributed by atoms with Gasteiger partial charge in [-0.15, -0.1) is 0 Å². The summed E-state index contributed by atoms with van der Waals surface area (Å²) in [6.07, 6.45) is 3.31. The Morgan fingerprint density at radius 2 is 1.70 bits per heavy atom. The van der Waals surface area contributed by atoms with E-state index in [0.717, 1.165) is 0 Å². The van der Waals surface area contributed by atoms with Crippen molar-refractivity contribution in [3.05, 3.63) is 23.6 Å². The fourth-order valence-corrected chi connectivity index (χ4v) is 0.439. The SMILES string of the molecule is C/C(F)=C\C=C(/C)C(C)C. The van der Waals surface area contributed by atoms with E-state index in [0.29, 0.717) is 5.92 Å². The van der Waals surface area contributed by atoms with E-state index in [1.54, 1.807) is 0 Å². The molecule has 0 nitrogen and oxygen atoms in total. The summed E-state index contributed by atoms with van der Waals surface area (Å²) in [5.74, 6) is 0.371. The van der Waals surface area contributed by atoms with Crippen molar-refractivity contribution < 1.29 is 4.39 Å². The zero-order valence-electron chi connectivity index (χ0n) is 7.11. The minimum atomic E-state index is -0.139. The fourth-order valence-electron chi connectivity index (χ4n) is 0.439. The summed E-state index contributed by atoms with van der Waals surface area (Å²) in [7, 11) is 0. The van der Waals surface area contributed by atoms with Crippen LogP contribution in [0.2, 0.25) is 0 Å². The number of hydrogen-bond acceptors (Lipinski definition) is 0. The van der Waals surface area contributed by atoms with Gasteiger partial charge in [0.05, 0.1) is 5.83 Å². The third-order valence-corrected chi connectivity index (χ3v) is 1.49. The van der Waals surface area contributed by atoms with Gasteiger partial charge in [0, 0.05) is 0 Å². The van der Waals surface area contributed by atoms with Crippen LogP contribution in [-0.2, 0) is 0 Å². The van der Waals surface area contributed by atoms with E-state index in [1.165, 1.54) is 18.6 Å². The topological polar surface area (TPSA) is 0 Å². The van der Waals surface area contributed by atoms with Crippen molar-refractivity contribution in [1.29, 1.82) is 0 Å². The number of halogens is 1. The lowest BCUT2D eigenvalue weighted by Gasteiger charge is -2.01. The Bertz CT molecular complexity index is 148. The highest BCUT2D eigenvalue weighted by Gasteiger charge is 1.92. The molecule has 1 heteroatoms. The van der Waals surface area contributed by atoms with Crippen molar-refractivity contribution in [2.45, 2.75) is 27.7 Å². The molecule has 0 N–H and O–H groups in total. The molecule has 0 aliphatic rings. The first-order valence-corrected chi connectivity index (χ1v) is 3.54. The molecule has 0 aliphatic carbocycles. The lowest BCUT2D eigenvalue weighted by atomic mass is 10.1. The highest BCUT2D eigenvalue weighted by molar-refractivity contribution is 5.13. The summed E-state index contributed by atoms with van der Waals surface area (Å²) in [5, 5.41) is 0. The van der Waals surface area contributed by atoms with Gasteiger partial charge in [0.1, 0.15) is 0 Å². The fraction of sp³-hybridized carbons (Fsp3) is 0.556. The predicted molar refractivity (Wildman–Crippen MR) is 43.5 cm³/mol. The Labute approximate surface area is 62.4 Å². The maximum atomic E-state index is 12.1. The maximum Gasteiger partial charge on any atom is 0.0968 e. The second-order valence-corrected chi connectivity index (χ2v) is 2.82. The van der Waals surface area contributed by atoms with Crippen molar-refractivity contribution >= 4 is 0 Å². The normalized spacial score (nSPS) is 14.6. The number of rotatable bonds is 2. The highest BCUT2D eigenvalue weighted by atomic mass is 19.1. The first-order valence-electron chi connectivity index (χ1n) is 3.54. The minimum absolute atomic E-state index is 0.139. The van der Waals surface area contributed by atoms with Gasteiger partial charge in [-0.2, -0.15) is 0 Å². The zero-order valence-corrected chi connectivity index (χ0v) is 7.11. The van der Waals surface area contributed by atoms with Crippen molar-refractivity contribution in [2.75, 3.05) is 0 Å². The van der Waals surface area contributed by atoms with Crippen molar-refractivity contribution in [1.82, 2.24) is 0 Å². The van der Waals surface area contributed by atoms with Crippen LogP contribution in [0.15, 0.2) is 23.6 Å². The van der Waals surface area contributed by atoms with Crippen molar-refractivity contribution in [3.63, 3.8) is 0 Å². The minimum Gasteiger partial charge on any atom is -0.212 e. The van der Waals surface area contributed by atoms with Gasteiger partial charge in [-0.05, 0) is 25.8 Å². The summed E-state index contributed by atoms with van der Waals surface area (Å²) in [6, 6.07) is 0. The second-order valence-electron chi connectivity index (χ2n) is 2.82. The maximum absolute atomic E-state index is 12.1. The smallest absolute Gasteiger partial charge is 0.0968 e. The van der Waals surface area contributed by atoms with Crippen LogP contribution in [0.1, 0.15) is 27.7 Å². The summed E-state index contributed by atoms with van der Waals surface area (Å²) in [4.78, 5) is 0. The van der Waals surface area contributed by atoms with Gasteiger partial charge in [-0.3, -0.25) is 0 Å². The van der Waals surface area contributed by atoms with Crippen LogP contribution in [-0.4, -0.2) is 0 Å². The molecule has 0 saturated heterocycles. The number of allylic oxidation sites excluding steroid dienone is 4. The monoisotopic (exact) mass is 142 g/mol. The van der Waals surface area contributed by atoms with Crippen LogP contribution in [0.4, 0.5) is 4.39 Å². The second kappa shape index (κ2) is 4.26. The highest BCUT2D eigenvalue weighted by Crippen LogP contribution is 2.08. The molecule has 0 unspecified atom stereocenters. The van der Waals surface area contributed by atoms with Crippen LogP contribution in [0.5, 0.6) is 0 Å². The van der Waals surface area contributed by atoms with Gasteiger partial charge in [0.15, 0.2) is 0 Å². The Hall–Kier alpha value is -0.590. The molecule has 0 aromatic rings. The number of hydrogen-bond donors (Lipinski definition) is 0. The predicted octanol–water partition coefficient (Wildman–Crippen LogP) is 3.46. The van der Waals surface area contributed by atoms with E-state index in [9.17, 15) is 4.39 Å². The van der Waals surface area contributed by atoms with E-state index in [-0.39, 0.29) is 5.83 Å². The molecule has 0 heterocycles. The van der Waals surface area contributed by atoms with Gasteiger partial charge < -0.3 is 0 Å². The Kier molecular flexibility index (Phi) is 4.01. The quantitative estimate of drug-likeness (QED) is 0.518. The van der Waals surface area contributed by atoms with Gasteiger partial charge in [-0.25, -0.2) is 4.39 Å². The standard InChI is InChI=1S/C9H15F/c1-7(2)8(3)5-6-9(4)10/h5-7H,1-4H3/b8-5+,9-6+. The third-order valence-electron chi connectivity index (χ3n) is 1.49. The third kappa shape index (κ3) is 4.30. The average molecular weight is 142 g/mol. The summed E-state index contributed by atoms with van der Waals surface area (Å²) >= 11 is 0. The molecular formula is C9H15F. The van der Waals surface area contributed by atoms with E-state index in [1.807, 2.05) is 13.0 Å². The molecular weight excluding hydrogens is 127 g/mol. The van der Waals surface area contributed by atoms with E-state index < -0.39 is 0 Å². The first kappa shape index (κ1) is 9.41. The molecule has 0 bridgehead atoms. The van der Waals surface area contributed by atoms with Gasteiger partial charge in [0.25, 0.3) is 0 Å². The van der Waals surface area contributed by atoms with Crippen molar-refractivity contribution in [2.24, 2.45) is 5.92 Å². The van der Waals surface area contributed by atoms with Crippen LogP contribution in [0.3, 0.4) is 0 Å². The molecule has 0 spiro atoms. The molecule has 0 atom stereocenters. The molecule has 0 fully saturated rings. The zero-order chi connectivity index (χ0) is 8.15. The molecule has 0 saturated carbocycles. The van der Waals surface area contributed by atoms with Crippen LogP contribution in [0, 0.1) is 5.92 Å². The van der Waals surface area contributed by atoms with Crippen LogP contribution in [0.25, 0.3) is 0 Å². The lowest BCUT2D eigenvalue weighted by molar-refractivity contribution is 0.640. The molecule has 0 aliphatic heterocycles. The molecule has 58 valence electrons.